The average molecular weight is 280 g/mol. The molecule has 2 rings (SSSR count). The molecule has 2 N–H and O–H groups in total. The molecule has 0 aliphatic rings. The first-order valence-corrected chi connectivity index (χ1v) is 6.96. The fourth-order valence-electron chi connectivity index (χ4n) is 1.74. The molecule has 0 atom stereocenters. The third-order valence-electron chi connectivity index (χ3n) is 2.65. The summed E-state index contributed by atoms with van der Waals surface area (Å²) >= 11 is 1.69. The van der Waals surface area contributed by atoms with Crippen molar-refractivity contribution in [2.24, 2.45) is 5.73 Å². The third-order valence-corrected chi connectivity index (χ3v) is 3.59. The molecule has 19 heavy (non-hydrogen) atoms. The van der Waals surface area contributed by atoms with Crippen molar-refractivity contribution in [3.8, 4) is 0 Å². The van der Waals surface area contributed by atoms with Crippen LogP contribution in [0.15, 0.2) is 17.5 Å². The minimum absolute atomic E-state index is 0.214. The first-order chi connectivity index (χ1) is 9.26. The van der Waals surface area contributed by atoms with Crippen LogP contribution in [0.3, 0.4) is 0 Å². The molecule has 102 valence electrons. The molecule has 0 aromatic carbocycles. The van der Waals surface area contributed by atoms with E-state index in [1.807, 2.05) is 11.4 Å². The van der Waals surface area contributed by atoms with Crippen LogP contribution in [-0.4, -0.2) is 27.6 Å². The number of hydrogen-bond donors (Lipinski definition) is 1. The van der Waals surface area contributed by atoms with Gasteiger partial charge in [0.15, 0.2) is 5.69 Å². The highest BCUT2D eigenvalue weighted by molar-refractivity contribution is 7.09. The summed E-state index contributed by atoms with van der Waals surface area (Å²) in [6.07, 6.45) is 0.844. The Morgan fingerprint density at radius 3 is 3.05 bits per heavy atom. The Labute approximate surface area is 115 Å². The van der Waals surface area contributed by atoms with Crippen molar-refractivity contribution in [2.45, 2.75) is 26.4 Å². The quantitative estimate of drug-likeness (QED) is 0.804. The van der Waals surface area contributed by atoms with Crippen LogP contribution < -0.4 is 5.73 Å². The van der Waals surface area contributed by atoms with E-state index in [9.17, 15) is 4.79 Å². The minimum atomic E-state index is -0.467. The van der Waals surface area contributed by atoms with Gasteiger partial charge in [-0.3, -0.25) is 0 Å². The van der Waals surface area contributed by atoms with Gasteiger partial charge in [0.25, 0.3) is 0 Å². The van der Waals surface area contributed by atoms with Gasteiger partial charge in [0.05, 0.1) is 12.3 Å². The van der Waals surface area contributed by atoms with Crippen LogP contribution in [0.25, 0.3) is 0 Å². The lowest BCUT2D eigenvalue weighted by atomic mass is 10.3. The first kappa shape index (κ1) is 13.7. The van der Waals surface area contributed by atoms with Crippen LogP contribution in [-0.2, 0) is 24.2 Å². The van der Waals surface area contributed by atoms with Crippen molar-refractivity contribution in [1.82, 2.24) is 15.0 Å². The number of carbonyl (C=O) groups is 1. The molecular weight excluding hydrogens is 264 g/mol. The van der Waals surface area contributed by atoms with Gasteiger partial charge in [0, 0.05) is 24.4 Å². The topological polar surface area (TPSA) is 83.0 Å². The number of hydrogen-bond acceptors (Lipinski definition) is 6. The second kappa shape index (κ2) is 6.44. The predicted molar refractivity (Wildman–Crippen MR) is 71.9 cm³/mol. The second-order valence-corrected chi connectivity index (χ2v) is 4.89. The molecule has 0 amide bonds. The van der Waals surface area contributed by atoms with E-state index in [1.165, 1.54) is 4.88 Å². The Hall–Kier alpha value is -1.73. The van der Waals surface area contributed by atoms with Gasteiger partial charge in [0.2, 0.25) is 0 Å². The molecule has 6 nitrogen and oxygen atoms in total. The Morgan fingerprint density at radius 1 is 1.58 bits per heavy atom. The molecule has 2 aromatic rings. The minimum Gasteiger partial charge on any atom is -0.461 e. The fraction of sp³-hybridized carbons (Fsp3) is 0.417. The zero-order valence-electron chi connectivity index (χ0n) is 10.7. The zero-order chi connectivity index (χ0) is 13.7. The number of carbonyl (C=O) groups excluding carboxylic acids is 1. The molecule has 0 radical (unpaired) electrons. The lowest BCUT2D eigenvalue weighted by Gasteiger charge is -2.05. The molecule has 0 aliphatic heterocycles. The van der Waals surface area contributed by atoms with E-state index >= 15 is 0 Å². The molecule has 2 heterocycles. The first-order valence-electron chi connectivity index (χ1n) is 6.08. The average Bonchev–Trinajstić information content (AvgIpc) is 3.05. The van der Waals surface area contributed by atoms with Crippen molar-refractivity contribution >= 4 is 17.3 Å². The molecule has 0 saturated heterocycles. The fourth-order valence-corrected chi connectivity index (χ4v) is 2.44. The second-order valence-electron chi connectivity index (χ2n) is 3.86. The lowest BCUT2D eigenvalue weighted by Crippen LogP contribution is -2.15. The van der Waals surface area contributed by atoms with Gasteiger partial charge in [-0.15, -0.1) is 16.4 Å². The van der Waals surface area contributed by atoms with Gasteiger partial charge in [-0.05, 0) is 18.4 Å². The Balaban J connectivity index is 2.10. The van der Waals surface area contributed by atoms with E-state index in [-0.39, 0.29) is 12.2 Å². The summed E-state index contributed by atoms with van der Waals surface area (Å²) in [4.78, 5) is 12.9. The van der Waals surface area contributed by atoms with E-state index in [0.29, 0.717) is 18.8 Å². The van der Waals surface area contributed by atoms with E-state index in [2.05, 4.69) is 16.4 Å². The molecule has 0 unspecified atom stereocenters. The molecular formula is C12H16N4O2S. The van der Waals surface area contributed by atoms with Crippen LogP contribution in [0.2, 0.25) is 0 Å². The van der Waals surface area contributed by atoms with Crippen molar-refractivity contribution in [3.63, 3.8) is 0 Å². The van der Waals surface area contributed by atoms with Crippen molar-refractivity contribution in [2.75, 3.05) is 6.61 Å². The van der Waals surface area contributed by atoms with E-state index in [4.69, 9.17) is 10.5 Å². The summed E-state index contributed by atoms with van der Waals surface area (Å²) in [5.41, 5.74) is 6.51. The highest BCUT2D eigenvalue weighted by atomic mass is 32.1. The summed E-state index contributed by atoms with van der Waals surface area (Å²) in [5, 5.41) is 9.88. The molecule has 7 heteroatoms. The number of aryl methyl sites for hydroxylation is 2. The number of rotatable bonds is 6. The van der Waals surface area contributed by atoms with Crippen LogP contribution in [0.1, 0.15) is 28.0 Å². The summed E-state index contributed by atoms with van der Waals surface area (Å²) in [6.45, 7) is 2.93. The van der Waals surface area contributed by atoms with Gasteiger partial charge in [-0.25, -0.2) is 9.48 Å². The highest BCUT2D eigenvalue weighted by Crippen LogP contribution is 2.12. The van der Waals surface area contributed by atoms with Crippen LogP contribution in [0.5, 0.6) is 0 Å². The number of nitrogens with zero attached hydrogens (tertiary/aromatic N) is 3. The zero-order valence-corrected chi connectivity index (χ0v) is 11.5. The molecule has 2 aromatic heterocycles. The number of nitrogens with two attached hydrogens (primary N) is 1. The maximum absolute atomic E-state index is 11.7. The normalized spacial score (nSPS) is 10.6. The third kappa shape index (κ3) is 3.18. The summed E-state index contributed by atoms with van der Waals surface area (Å²) in [6, 6.07) is 4.07. The lowest BCUT2D eigenvalue weighted by molar-refractivity contribution is 0.0518. The number of aromatic nitrogens is 3. The van der Waals surface area contributed by atoms with Crippen LogP contribution in [0.4, 0.5) is 0 Å². The van der Waals surface area contributed by atoms with Gasteiger partial charge in [-0.1, -0.05) is 11.3 Å². The standard InChI is InChI=1S/C12H16N4O2S/c1-2-18-12(17)11-10(8-13)16(15-14-11)6-5-9-4-3-7-19-9/h3-4,7H,2,5-6,8,13H2,1H3. The number of thiophene rings is 1. The molecule has 0 bridgehead atoms. The van der Waals surface area contributed by atoms with Crippen molar-refractivity contribution in [3.05, 3.63) is 33.8 Å². The predicted octanol–water partition coefficient (Wildman–Crippen LogP) is 1.22. The van der Waals surface area contributed by atoms with Crippen LogP contribution >= 0.6 is 11.3 Å². The van der Waals surface area contributed by atoms with E-state index < -0.39 is 5.97 Å². The molecule has 0 saturated carbocycles. The maximum Gasteiger partial charge on any atom is 0.360 e. The summed E-state index contributed by atoms with van der Waals surface area (Å²) in [5.74, 6) is -0.467. The van der Waals surface area contributed by atoms with Crippen molar-refractivity contribution < 1.29 is 9.53 Å². The largest absolute Gasteiger partial charge is 0.461 e. The Kier molecular flexibility index (Phi) is 4.64. The van der Waals surface area contributed by atoms with Gasteiger partial charge in [-0.2, -0.15) is 0 Å². The molecule has 0 spiro atoms. The molecule has 0 aliphatic carbocycles. The van der Waals surface area contributed by atoms with Gasteiger partial charge < -0.3 is 10.5 Å². The van der Waals surface area contributed by atoms with Gasteiger partial charge in [0.1, 0.15) is 0 Å². The van der Waals surface area contributed by atoms with Gasteiger partial charge >= 0.3 is 5.97 Å². The van der Waals surface area contributed by atoms with E-state index in [0.717, 1.165) is 6.42 Å². The SMILES string of the molecule is CCOC(=O)c1nnn(CCc2cccs2)c1CN. The highest BCUT2D eigenvalue weighted by Gasteiger charge is 2.19. The maximum atomic E-state index is 11.7. The number of ether oxygens (including phenoxy) is 1. The summed E-state index contributed by atoms with van der Waals surface area (Å²) < 4.78 is 6.60. The van der Waals surface area contributed by atoms with E-state index in [1.54, 1.807) is 22.9 Å². The Morgan fingerprint density at radius 2 is 2.42 bits per heavy atom. The smallest absolute Gasteiger partial charge is 0.360 e. The van der Waals surface area contributed by atoms with Crippen LogP contribution in [0, 0.1) is 0 Å². The monoisotopic (exact) mass is 280 g/mol. The number of esters is 1. The molecule has 0 fully saturated rings. The van der Waals surface area contributed by atoms with Crippen molar-refractivity contribution in [1.29, 1.82) is 0 Å². The summed E-state index contributed by atoms with van der Waals surface area (Å²) in [7, 11) is 0. The Bertz CT molecular complexity index is 536.